The van der Waals surface area contributed by atoms with Crippen LogP contribution in [-0.2, 0) is 10.8 Å². The van der Waals surface area contributed by atoms with E-state index in [1.54, 1.807) is 38.3 Å². The summed E-state index contributed by atoms with van der Waals surface area (Å²) in [6.45, 7) is 5.31. The molecule has 0 fully saturated rings. The number of carbonyl (C=O) groups excluding carboxylic acids is 1. The quantitative estimate of drug-likeness (QED) is 0.169. The zero-order valence-electron chi connectivity index (χ0n) is 22.4. The lowest BCUT2D eigenvalue weighted by atomic mass is 9.99. The number of methoxy groups -OCH3 is 1. The Morgan fingerprint density at radius 3 is 2.49 bits per heavy atom. The second-order valence-electron chi connectivity index (χ2n) is 10.1. The molecule has 10 heteroatoms. The molecule has 0 radical (unpaired) electrons. The summed E-state index contributed by atoms with van der Waals surface area (Å²) in [5, 5.41) is 21.1. The molecule has 1 heterocycles. The van der Waals surface area contributed by atoms with Gasteiger partial charge >= 0.3 is 0 Å². The lowest BCUT2D eigenvalue weighted by Gasteiger charge is -2.26. The fraction of sp³-hybridized carbons (Fsp3) is 0.241. The zero-order chi connectivity index (χ0) is 28.3. The van der Waals surface area contributed by atoms with Gasteiger partial charge in [-0.15, -0.1) is 0 Å². The molecule has 39 heavy (non-hydrogen) atoms. The number of para-hydroxylation sites is 1. The van der Waals surface area contributed by atoms with Gasteiger partial charge in [0.2, 0.25) is 5.91 Å². The van der Waals surface area contributed by atoms with Crippen LogP contribution in [-0.4, -0.2) is 49.6 Å². The molecule has 0 aromatic heterocycles. The molecule has 0 spiro atoms. The van der Waals surface area contributed by atoms with Crippen molar-refractivity contribution in [1.82, 2.24) is 0 Å². The van der Waals surface area contributed by atoms with Crippen LogP contribution in [0.1, 0.15) is 30.0 Å². The standard InChI is InChI=1S/C29H32ClN5O3Si/c1-18(31)35-26-14-13-22(38-2)15-23(26)28(19-9-11-21(30)12-10-19)34-25(29(35)32)16-27(36)33-24-8-6-5-7-20(24)17-39(3,4)37/h5-15,25,31-32,37H,16-17H2,1-4H3,(H,33,36)/t25-/m0/s1. The minimum Gasteiger partial charge on any atom is -0.497 e. The van der Waals surface area contributed by atoms with E-state index < -0.39 is 14.4 Å². The molecule has 0 saturated heterocycles. The van der Waals surface area contributed by atoms with Gasteiger partial charge in [0.25, 0.3) is 0 Å². The number of amidine groups is 2. The third kappa shape index (κ3) is 6.62. The number of hydrogen-bond acceptors (Lipinski definition) is 6. The molecule has 3 aromatic carbocycles. The van der Waals surface area contributed by atoms with Crippen LogP contribution in [0.4, 0.5) is 11.4 Å². The SMILES string of the molecule is COc1ccc2c(c1)C(c1ccc(Cl)cc1)=N[C@@H](CC(=O)Nc1ccccc1C[Si](C)(C)O)C(=N)N2C(C)=N. The molecule has 0 aliphatic carbocycles. The first-order chi connectivity index (χ1) is 18.5. The molecule has 4 rings (SSSR count). The summed E-state index contributed by atoms with van der Waals surface area (Å²) in [6, 6.07) is 19.7. The third-order valence-corrected chi connectivity index (χ3v) is 7.79. The van der Waals surface area contributed by atoms with Crippen molar-refractivity contribution in [1.29, 1.82) is 10.8 Å². The molecule has 1 aliphatic heterocycles. The lowest BCUT2D eigenvalue weighted by Crippen LogP contribution is -2.41. The van der Waals surface area contributed by atoms with E-state index in [0.29, 0.717) is 39.5 Å². The Hall–Kier alpha value is -3.79. The number of benzodiazepines with no additional fused rings is 1. The Labute approximate surface area is 234 Å². The summed E-state index contributed by atoms with van der Waals surface area (Å²) in [7, 11) is -0.840. The van der Waals surface area contributed by atoms with Gasteiger partial charge in [-0.1, -0.05) is 41.9 Å². The normalized spacial score (nSPS) is 15.2. The maximum Gasteiger partial charge on any atom is 0.227 e. The van der Waals surface area contributed by atoms with E-state index in [1.165, 1.54) is 4.90 Å². The van der Waals surface area contributed by atoms with Gasteiger partial charge in [0.15, 0.2) is 8.32 Å². The second kappa shape index (κ2) is 11.5. The lowest BCUT2D eigenvalue weighted by molar-refractivity contribution is -0.116. The van der Waals surface area contributed by atoms with Gasteiger partial charge in [-0.05, 0) is 68.0 Å². The number of halogens is 1. The molecule has 0 bridgehead atoms. The number of nitrogens with one attached hydrogen (secondary N) is 3. The largest absolute Gasteiger partial charge is 0.497 e. The highest BCUT2D eigenvalue weighted by Crippen LogP contribution is 2.33. The van der Waals surface area contributed by atoms with Crippen molar-refractivity contribution in [2.24, 2.45) is 4.99 Å². The Morgan fingerprint density at radius 1 is 1.15 bits per heavy atom. The minimum atomic E-state index is -2.41. The van der Waals surface area contributed by atoms with Gasteiger partial charge in [0.1, 0.15) is 23.5 Å². The molecule has 0 saturated carbocycles. The predicted octanol–water partition coefficient (Wildman–Crippen LogP) is 5.66. The van der Waals surface area contributed by atoms with Crippen molar-refractivity contribution >= 4 is 54.6 Å². The van der Waals surface area contributed by atoms with E-state index in [-0.39, 0.29) is 24.0 Å². The fourth-order valence-corrected chi connectivity index (χ4v) is 5.94. The van der Waals surface area contributed by atoms with E-state index in [2.05, 4.69) is 5.32 Å². The van der Waals surface area contributed by atoms with Crippen LogP contribution in [0.15, 0.2) is 71.7 Å². The molecular formula is C29H32ClN5O3Si. The van der Waals surface area contributed by atoms with Gasteiger partial charge in [-0.2, -0.15) is 0 Å². The van der Waals surface area contributed by atoms with Crippen LogP contribution in [0.25, 0.3) is 0 Å². The van der Waals surface area contributed by atoms with Crippen molar-refractivity contribution in [2.75, 3.05) is 17.3 Å². The van der Waals surface area contributed by atoms with E-state index in [4.69, 9.17) is 32.1 Å². The molecular weight excluding hydrogens is 530 g/mol. The number of nitrogens with zero attached hydrogens (tertiary/aromatic N) is 2. The number of hydrogen-bond donors (Lipinski definition) is 4. The molecule has 8 nitrogen and oxygen atoms in total. The number of amides is 1. The number of ether oxygens (including phenoxy) is 1. The topological polar surface area (TPSA) is 122 Å². The molecule has 1 amide bonds. The van der Waals surface area contributed by atoms with Gasteiger partial charge in [-0.25, -0.2) is 0 Å². The van der Waals surface area contributed by atoms with Crippen molar-refractivity contribution < 1.29 is 14.3 Å². The average Bonchev–Trinajstić information content (AvgIpc) is 2.99. The molecule has 202 valence electrons. The number of benzene rings is 3. The molecule has 1 atom stereocenters. The maximum absolute atomic E-state index is 13.4. The van der Waals surface area contributed by atoms with Gasteiger partial charge < -0.3 is 14.8 Å². The summed E-state index contributed by atoms with van der Waals surface area (Å²) >= 11 is 6.15. The molecule has 4 N–H and O–H groups in total. The Kier molecular flexibility index (Phi) is 8.34. The summed E-state index contributed by atoms with van der Waals surface area (Å²) in [5.41, 5.74) is 4.11. The van der Waals surface area contributed by atoms with Crippen molar-refractivity contribution in [3.05, 3.63) is 88.4 Å². The van der Waals surface area contributed by atoms with Crippen molar-refractivity contribution in [3.63, 3.8) is 0 Å². The highest BCUT2D eigenvalue weighted by atomic mass is 35.5. The van der Waals surface area contributed by atoms with Crippen LogP contribution < -0.4 is 15.0 Å². The first kappa shape index (κ1) is 28.2. The number of anilines is 2. The van der Waals surface area contributed by atoms with E-state index in [1.807, 2.05) is 55.6 Å². The van der Waals surface area contributed by atoms with Crippen LogP contribution in [0.5, 0.6) is 5.75 Å². The maximum atomic E-state index is 13.4. The third-order valence-electron chi connectivity index (χ3n) is 6.29. The Morgan fingerprint density at radius 2 is 1.85 bits per heavy atom. The van der Waals surface area contributed by atoms with Crippen LogP contribution >= 0.6 is 11.6 Å². The Balaban J connectivity index is 1.76. The van der Waals surface area contributed by atoms with Gasteiger partial charge in [0, 0.05) is 21.8 Å². The molecule has 3 aromatic rings. The fourth-order valence-electron chi connectivity index (χ4n) is 4.57. The summed E-state index contributed by atoms with van der Waals surface area (Å²) in [4.78, 5) is 30.2. The van der Waals surface area contributed by atoms with E-state index >= 15 is 0 Å². The van der Waals surface area contributed by atoms with Gasteiger partial charge in [-0.3, -0.25) is 25.5 Å². The highest BCUT2D eigenvalue weighted by molar-refractivity contribution is 6.69. The highest BCUT2D eigenvalue weighted by Gasteiger charge is 2.32. The predicted molar refractivity (Wildman–Crippen MR) is 161 cm³/mol. The summed E-state index contributed by atoms with van der Waals surface area (Å²) in [5.74, 6) is 0.433. The van der Waals surface area contributed by atoms with E-state index in [0.717, 1.165) is 11.1 Å². The monoisotopic (exact) mass is 561 g/mol. The number of aliphatic imine (C=N–C) groups is 1. The van der Waals surface area contributed by atoms with E-state index in [9.17, 15) is 9.59 Å². The Bertz CT molecular complexity index is 1450. The zero-order valence-corrected chi connectivity index (χ0v) is 24.1. The number of fused-ring (bicyclic) bond motifs is 1. The summed E-state index contributed by atoms with van der Waals surface area (Å²) in [6.07, 6.45) is -0.112. The van der Waals surface area contributed by atoms with Gasteiger partial charge in [0.05, 0.1) is 24.9 Å². The molecule has 0 unspecified atom stereocenters. The first-order valence-corrected chi connectivity index (χ1v) is 16.1. The first-order valence-electron chi connectivity index (χ1n) is 12.5. The number of rotatable bonds is 7. The number of carbonyl (C=O) groups is 1. The average molecular weight is 562 g/mol. The smallest absolute Gasteiger partial charge is 0.227 e. The summed E-state index contributed by atoms with van der Waals surface area (Å²) < 4.78 is 5.47. The minimum absolute atomic E-state index is 0.0187. The van der Waals surface area contributed by atoms with Crippen molar-refractivity contribution in [3.8, 4) is 5.75 Å². The van der Waals surface area contributed by atoms with Crippen molar-refractivity contribution in [2.45, 2.75) is 38.5 Å². The van der Waals surface area contributed by atoms with Crippen LogP contribution in [0.2, 0.25) is 18.1 Å². The van der Waals surface area contributed by atoms with Crippen LogP contribution in [0, 0.1) is 10.8 Å². The molecule has 1 aliphatic rings. The van der Waals surface area contributed by atoms with Crippen LogP contribution in [0.3, 0.4) is 0 Å². The second-order valence-corrected chi connectivity index (χ2v) is 14.5.